The lowest BCUT2D eigenvalue weighted by molar-refractivity contribution is 0.802. The fraction of sp³-hybridized carbons (Fsp3) is 0.167. The summed E-state index contributed by atoms with van der Waals surface area (Å²) < 4.78 is 0. The first kappa shape index (κ1) is 10.7. The SMILES string of the molecule is CC1C=c2c(c3ccccc3c3ccncc23)=CC1. The molecule has 3 aromatic rings. The molecule has 0 fully saturated rings. The van der Waals surface area contributed by atoms with Crippen molar-refractivity contribution in [2.45, 2.75) is 13.3 Å². The molecule has 0 bridgehead atoms. The normalized spacial score (nSPS) is 17.8. The van der Waals surface area contributed by atoms with Crippen molar-refractivity contribution in [3.8, 4) is 0 Å². The van der Waals surface area contributed by atoms with Gasteiger partial charge in [0.05, 0.1) is 0 Å². The van der Waals surface area contributed by atoms with Crippen molar-refractivity contribution in [1.29, 1.82) is 0 Å². The van der Waals surface area contributed by atoms with Crippen LogP contribution >= 0.6 is 0 Å². The van der Waals surface area contributed by atoms with Gasteiger partial charge in [-0.3, -0.25) is 4.98 Å². The van der Waals surface area contributed by atoms with E-state index in [9.17, 15) is 0 Å². The molecule has 1 aromatic heterocycles. The molecule has 1 atom stereocenters. The number of hydrogen-bond donors (Lipinski definition) is 0. The highest BCUT2D eigenvalue weighted by molar-refractivity contribution is 6.08. The van der Waals surface area contributed by atoms with Gasteiger partial charge in [-0.05, 0) is 45.0 Å². The van der Waals surface area contributed by atoms with Crippen molar-refractivity contribution < 1.29 is 0 Å². The highest BCUT2D eigenvalue weighted by Gasteiger charge is 2.09. The van der Waals surface area contributed by atoms with Gasteiger partial charge in [0.1, 0.15) is 0 Å². The van der Waals surface area contributed by atoms with Crippen molar-refractivity contribution in [3.63, 3.8) is 0 Å². The number of pyridine rings is 1. The van der Waals surface area contributed by atoms with Gasteiger partial charge >= 0.3 is 0 Å². The second-order valence-corrected chi connectivity index (χ2v) is 5.38. The molecule has 1 aliphatic carbocycles. The minimum Gasteiger partial charge on any atom is -0.264 e. The van der Waals surface area contributed by atoms with Crippen molar-refractivity contribution >= 4 is 33.7 Å². The molecule has 1 heteroatoms. The number of hydrogen-bond acceptors (Lipinski definition) is 1. The molecule has 0 amide bonds. The predicted molar refractivity (Wildman–Crippen MR) is 81.2 cm³/mol. The summed E-state index contributed by atoms with van der Waals surface area (Å²) in [7, 11) is 0. The maximum absolute atomic E-state index is 4.32. The third kappa shape index (κ3) is 1.51. The molecule has 0 saturated carbocycles. The van der Waals surface area contributed by atoms with E-state index >= 15 is 0 Å². The predicted octanol–water partition coefficient (Wildman–Crippen LogP) is 2.99. The zero-order valence-corrected chi connectivity index (χ0v) is 10.9. The van der Waals surface area contributed by atoms with Crippen molar-refractivity contribution in [3.05, 3.63) is 53.2 Å². The van der Waals surface area contributed by atoms with Crippen LogP contribution in [0.25, 0.3) is 33.7 Å². The number of benzene rings is 2. The summed E-state index contributed by atoms with van der Waals surface area (Å²) in [5.41, 5.74) is 0. The minimum absolute atomic E-state index is 0.608. The first-order valence-corrected chi connectivity index (χ1v) is 6.81. The highest BCUT2D eigenvalue weighted by atomic mass is 14.6. The maximum atomic E-state index is 4.32. The summed E-state index contributed by atoms with van der Waals surface area (Å²) in [6, 6.07) is 10.8. The Bertz CT molecular complexity index is 906. The molecule has 1 aliphatic rings. The van der Waals surface area contributed by atoms with Crippen LogP contribution in [0, 0.1) is 5.92 Å². The molecular formula is C18H15N. The Kier molecular flexibility index (Phi) is 2.22. The fourth-order valence-corrected chi connectivity index (χ4v) is 3.14. The Morgan fingerprint density at radius 2 is 1.74 bits per heavy atom. The molecule has 1 heterocycles. The molecule has 0 spiro atoms. The molecule has 1 nitrogen and oxygen atoms in total. The van der Waals surface area contributed by atoms with Crippen LogP contribution in [0.2, 0.25) is 0 Å². The second kappa shape index (κ2) is 3.92. The van der Waals surface area contributed by atoms with Gasteiger partial charge in [-0.25, -0.2) is 0 Å². The zero-order chi connectivity index (χ0) is 12.8. The van der Waals surface area contributed by atoms with Gasteiger partial charge in [0.2, 0.25) is 0 Å². The molecule has 0 aliphatic heterocycles. The fourth-order valence-electron chi connectivity index (χ4n) is 3.14. The van der Waals surface area contributed by atoms with Crippen molar-refractivity contribution in [2.75, 3.05) is 0 Å². The lowest BCUT2D eigenvalue weighted by Gasteiger charge is -2.13. The van der Waals surface area contributed by atoms with Gasteiger partial charge in [-0.2, -0.15) is 0 Å². The van der Waals surface area contributed by atoms with Crippen molar-refractivity contribution in [1.82, 2.24) is 4.98 Å². The molecule has 0 saturated heterocycles. The summed E-state index contributed by atoms with van der Waals surface area (Å²) in [5, 5.41) is 8.02. The molecule has 19 heavy (non-hydrogen) atoms. The van der Waals surface area contributed by atoms with Crippen LogP contribution in [0.4, 0.5) is 0 Å². The van der Waals surface area contributed by atoms with Crippen LogP contribution in [0.15, 0.2) is 42.7 Å². The van der Waals surface area contributed by atoms with Crippen LogP contribution < -0.4 is 10.4 Å². The van der Waals surface area contributed by atoms with E-state index in [1.54, 1.807) is 0 Å². The number of rotatable bonds is 0. The largest absolute Gasteiger partial charge is 0.264 e. The van der Waals surface area contributed by atoms with E-state index < -0.39 is 0 Å². The molecule has 4 rings (SSSR count). The first-order valence-electron chi connectivity index (χ1n) is 6.81. The van der Waals surface area contributed by atoms with Crippen LogP contribution in [0.5, 0.6) is 0 Å². The smallest absolute Gasteiger partial charge is 0.0352 e. The summed E-state index contributed by atoms with van der Waals surface area (Å²) in [5.74, 6) is 0.608. The van der Waals surface area contributed by atoms with Gasteiger partial charge in [0, 0.05) is 17.8 Å². The van der Waals surface area contributed by atoms with Gasteiger partial charge in [0.25, 0.3) is 0 Å². The molecule has 1 unspecified atom stereocenters. The molecule has 0 radical (unpaired) electrons. The Balaban J connectivity index is 2.41. The van der Waals surface area contributed by atoms with Crippen LogP contribution in [0.3, 0.4) is 0 Å². The summed E-state index contributed by atoms with van der Waals surface area (Å²) >= 11 is 0. The van der Waals surface area contributed by atoms with E-state index in [0.29, 0.717) is 5.92 Å². The van der Waals surface area contributed by atoms with E-state index in [4.69, 9.17) is 0 Å². The Morgan fingerprint density at radius 3 is 2.63 bits per heavy atom. The standard InChI is InChI=1S/C18H15N/c1-12-6-7-15-13-4-2-3-5-14(13)16-8-9-19-11-18(16)17(15)10-12/h2-5,7-12H,6H2,1H3. The van der Waals surface area contributed by atoms with Crippen molar-refractivity contribution in [2.24, 2.45) is 5.92 Å². The number of aromatic nitrogens is 1. The molecule has 0 N–H and O–H groups in total. The Hall–Kier alpha value is -2.15. The van der Waals surface area contributed by atoms with Gasteiger partial charge in [-0.1, -0.05) is 43.3 Å². The summed E-state index contributed by atoms with van der Waals surface area (Å²) in [4.78, 5) is 4.32. The summed E-state index contributed by atoms with van der Waals surface area (Å²) in [6.07, 6.45) is 9.80. The summed E-state index contributed by atoms with van der Waals surface area (Å²) in [6.45, 7) is 2.27. The minimum atomic E-state index is 0.608. The highest BCUT2D eigenvalue weighted by Crippen LogP contribution is 2.21. The van der Waals surface area contributed by atoms with Crippen LogP contribution in [0.1, 0.15) is 13.3 Å². The quantitative estimate of drug-likeness (QED) is 0.555. The Morgan fingerprint density at radius 1 is 0.947 bits per heavy atom. The molecule has 92 valence electrons. The van der Waals surface area contributed by atoms with Crippen LogP contribution in [-0.2, 0) is 0 Å². The Labute approximate surface area is 111 Å². The third-order valence-corrected chi connectivity index (χ3v) is 4.05. The van der Waals surface area contributed by atoms with E-state index in [1.165, 1.54) is 32.0 Å². The molecular weight excluding hydrogens is 230 g/mol. The lowest BCUT2D eigenvalue weighted by atomic mass is 9.92. The average molecular weight is 245 g/mol. The second-order valence-electron chi connectivity index (χ2n) is 5.38. The van der Waals surface area contributed by atoms with Crippen LogP contribution in [-0.4, -0.2) is 4.98 Å². The van der Waals surface area contributed by atoms with E-state index in [-0.39, 0.29) is 0 Å². The van der Waals surface area contributed by atoms with Gasteiger partial charge in [0.15, 0.2) is 0 Å². The lowest BCUT2D eigenvalue weighted by Crippen LogP contribution is -2.30. The monoisotopic (exact) mass is 245 g/mol. The van der Waals surface area contributed by atoms with Gasteiger partial charge < -0.3 is 0 Å². The molecule has 2 aromatic carbocycles. The number of fused-ring (bicyclic) bond motifs is 6. The van der Waals surface area contributed by atoms with Gasteiger partial charge in [-0.15, -0.1) is 0 Å². The first-order chi connectivity index (χ1) is 9.34. The zero-order valence-electron chi connectivity index (χ0n) is 10.9. The third-order valence-electron chi connectivity index (χ3n) is 4.05. The van der Waals surface area contributed by atoms with E-state index in [2.05, 4.69) is 54.4 Å². The topological polar surface area (TPSA) is 12.9 Å². The van der Waals surface area contributed by atoms with E-state index in [1.807, 2.05) is 12.4 Å². The maximum Gasteiger partial charge on any atom is 0.0352 e. The average Bonchev–Trinajstić information content (AvgIpc) is 2.47. The van der Waals surface area contributed by atoms with E-state index in [0.717, 1.165) is 6.42 Å². The number of nitrogens with zero attached hydrogens (tertiary/aromatic N) is 1.